The molecule has 0 aromatic heterocycles. The minimum absolute atomic E-state index is 0.0134. The predicted molar refractivity (Wildman–Crippen MR) is 74.6 cm³/mol. The van der Waals surface area contributed by atoms with Gasteiger partial charge in [0.1, 0.15) is 11.9 Å². The first-order chi connectivity index (χ1) is 9.70. The normalized spacial score (nSPS) is 13.3. The Labute approximate surface area is 131 Å². The Morgan fingerprint density at radius 3 is 2.33 bits per heavy atom. The van der Waals surface area contributed by atoms with Crippen LogP contribution in [-0.2, 0) is 6.18 Å². The standard InChI is InChI=1S/C14H8BrClF4O/c15-8-2-4-11(16)9(6-8)13(21)7-1-3-10(12(17)5-7)14(18,19)20/h1-6,13,21H. The van der Waals surface area contributed by atoms with Gasteiger partial charge in [-0.3, -0.25) is 0 Å². The summed E-state index contributed by atoms with van der Waals surface area (Å²) in [6, 6.07) is 6.96. The van der Waals surface area contributed by atoms with Crippen LogP contribution in [0, 0.1) is 5.82 Å². The van der Waals surface area contributed by atoms with Crippen LogP contribution in [-0.4, -0.2) is 5.11 Å². The van der Waals surface area contributed by atoms with Crippen molar-refractivity contribution in [3.05, 3.63) is 68.4 Å². The molecule has 2 rings (SSSR count). The predicted octanol–water partition coefficient (Wildman–Crippen LogP) is 5.34. The van der Waals surface area contributed by atoms with Crippen LogP contribution in [0.3, 0.4) is 0 Å². The topological polar surface area (TPSA) is 20.2 Å². The third-order valence-electron chi connectivity index (χ3n) is 2.87. The zero-order valence-corrected chi connectivity index (χ0v) is 12.6. The Morgan fingerprint density at radius 1 is 1.10 bits per heavy atom. The summed E-state index contributed by atoms with van der Waals surface area (Å²) in [5, 5.41) is 10.4. The zero-order valence-electron chi connectivity index (χ0n) is 10.3. The van der Waals surface area contributed by atoms with Crippen molar-refractivity contribution in [1.29, 1.82) is 0 Å². The highest BCUT2D eigenvalue weighted by Gasteiger charge is 2.34. The SMILES string of the molecule is OC(c1ccc(C(F)(F)F)c(F)c1)c1cc(Br)ccc1Cl. The van der Waals surface area contributed by atoms with Crippen LogP contribution in [0.15, 0.2) is 40.9 Å². The van der Waals surface area contributed by atoms with E-state index in [9.17, 15) is 22.7 Å². The molecule has 0 fully saturated rings. The number of aliphatic hydroxyl groups is 1. The van der Waals surface area contributed by atoms with Gasteiger partial charge >= 0.3 is 6.18 Å². The number of benzene rings is 2. The molecule has 0 aliphatic rings. The molecule has 0 saturated carbocycles. The number of rotatable bonds is 2. The largest absolute Gasteiger partial charge is 0.419 e. The summed E-state index contributed by atoms with van der Waals surface area (Å²) in [5.74, 6) is -1.44. The lowest BCUT2D eigenvalue weighted by Gasteiger charge is -2.15. The van der Waals surface area contributed by atoms with E-state index in [2.05, 4.69) is 15.9 Å². The van der Waals surface area contributed by atoms with Crippen LogP contribution in [0.25, 0.3) is 0 Å². The molecule has 0 saturated heterocycles. The second-order valence-electron chi connectivity index (χ2n) is 4.31. The minimum atomic E-state index is -4.78. The van der Waals surface area contributed by atoms with E-state index in [1.54, 1.807) is 6.07 Å². The number of aliphatic hydroxyl groups excluding tert-OH is 1. The summed E-state index contributed by atoms with van der Waals surface area (Å²) in [7, 11) is 0. The lowest BCUT2D eigenvalue weighted by molar-refractivity contribution is -0.140. The van der Waals surface area contributed by atoms with Gasteiger partial charge in [-0.1, -0.05) is 33.6 Å². The molecule has 0 bridgehead atoms. The van der Waals surface area contributed by atoms with Gasteiger partial charge in [0.2, 0.25) is 0 Å². The van der Waals surface area contributed by atoms with E-state index in [0.717, 1.165) is 6.07 Å². The molecule has 1 N–H and O–H groups in total. The van der Waals surface area contributed by atoms with Crippen LogP contribution in [0.2, 0.25) is 5.02 Å². The maximum atomic E-state index is 13.5. The van der Waals surface area contributed by atoms with E-state index >= 15 is 0 Å². The van der Waals surface area contributed by atoms with Crippen molar-refractivity contribution in [1.82, 2.24) is 0 Å². The van der Waals surface area contributed by atoms with Crippen molar-refractivity contribution in [3.8, 4) is 0 Å². The molecule has 2 aromatic rings. The highest BCUT2D eigenvalue weighted by Crippen LogP contribution is 2.35. The number of alkyl halides is 3. The third-order valence-corrected chi connectivity index (χ3v) is 3.70. The Bertz CT molecular complexity index is 673. The van der Waals surface area contributed by atoms with Gasteiger partial charge in [0, 0.05) is 15.1 Å². The molecular formula is C14H8BrClF4O. The molecular weight excluding hydrogens is 376 g/mol. The van der Waals surface area contributed by atoms with Crippen LogP contribution >= 0.6 is 27.5 Å². The molecule has 1 atom stereocenters. The highest BCUT2D eigenvalue weighted by atomic mass is 79.9. The summed E-state index contributed by atoms with van der Waals surface area (Å²) < 4.78 is 51.6. The van der Waals surface area contributed by atoms with E-state index in [1.165, 1.54) is 12.1 Å². The van der Waals surface area contributed by atoms with Gasteiger partial charge in [0.05, 0.1) is 5.56 Å². The summed E-state index contributed by atoms with van der Waals surface area (Å²) in [6.45, 7) is 0. The van der Waals surface area contributed by atoms with Gasteiger partial charge in [-0.25, -0.2) is 4.39 Å². The van der Waals surface area contributed by atoms with Gasteiger partial charge in [0.25, 0.3) is 0 Å². The van der Waals surface area contributed by atoms with Crippen molar-refractivity contribution in [2.75, 3.05) is 0 Å². The maximum absolute atomic E-state index is 13.5. The number of hydrogen-bond donors (Lipinski definition) is 1. The number of halogens is 6. The molecule has 112 valence electrons. The lowest BCUT2D eigenvalue weighted by Crippen LogP contribution is -2.09. The van der Waals surface area contributed by atoms with E-state index in [4.69, 9.17) is 11.6 Å². The zero-order chi connectivity index (χ0) is 15.8. The summed E-state index contributed by atoms with van der Waals surface area (Å²) in [6.07, 6.45) is -6.10. The van der Waals surface area contributed by atoms with Crippen molar-refractivity contribution in [2.45, 2.75) is 12.3 Å². The quantitative estimate of drug-likeness (QED) is 0.694. The fourth-order valence-electron chi connectivity index (χ4n) is 1.84. The summed E-state index contributed by atoms with van der Waals surface area (Å²) in [5.41, 5.74) is -1.12. The Morgan fingerprint density at radius 2 is 1.76 bits per heavy atom. The lowest BCUT2D eigenvalue weighted by atomic mass is 10.00. The van der Waals surface area contributed by atoms with E-state index in [0.29, 0.717) is 16.6 Å². The van der Waals surface area contributed by atoms with Crippen LogP contribution < -0.4 is 0 Å². The second kappa shape index (κ2) is 5.94. The van der Waals surface area contributed by atoms with Crippen molar-refractivity contribution >= 4 is 27.5 Å². The molecule has 0 aliphatic heterocycles. The average molecular weight is 384 g/mol. The summed E-state index contributed by atoms with van der Waals surface area (Å²) >= 11 is 9.13. The average Bonchev–Trinajstić information content (AvgIpc) is 2.39. The molecule has 0 aliphatic carbocycles. The molecule has 21 heavy (non-hydrogen) atoms. The molecule has 0 heterocycles. The molecule has 2 aromatic carbocycles. The first-order valence-corrected chi connectivity index (χ1v) is 6.87. The molecule has 7 heteroatoms. The van der Waals surface area contributed by atoms with Crippen molar-refractivity contribution in [2.24, 2.45) is 0 Å². The highest BCUT2D eigenvalue weighted by molar-refractivity contribution is 9.10. The monoisotopic (exact) mass is 382 g/mol. The van der Waals surface area contributed by atoms with Gasteiger partial charge in [-0.15, -0.1) is 0 Å². The van der Waals surface area contributed by atoms with Gasteiger partial charge in [-0.2, -0.15) is 13.2 Å². The first-order valence-electron chi connectivity index (χ1n) is 5.70. The van der Waals surface area contributed by atoms with Crippen LogP contribution in [0.5, 0.6) is 0 Å². The van der Waals surface area contributed by atoms with Crippen LogP contribution in [0.1, 0.15) is 22.8 Å². The van der Waals surface area contributed by atoms with E-state index in [1.807, 2.05) is 0 Å². The Hall–Kier alpha value is -1.11. The van der Waals surface area contributed by atoms with Crippen molar-refractivity contribution < 1.29 is 22.7 Å². The molecule has 0 radical (unpaired) electrons. The van der Waals surface area contributed by atoms with Gasteiger partial charge in [-0.05, 0) is 35.9 Å². The maximum Gasteiger partial charge on any atom is 0.419 e. The Kier molecular flexibility index (Phi) is 4.60. The fourth-order valence-corrected chi connectivity index (χ4v) is 2.43. The third kappa shape index (κ3) is 3.56. The minimum Gasteiger partial charge on any atom is -0.384 e. The van der Waals surface area contributed by atoms with Gasteiger partial charge < -0.3 is 5.11 Å². The van der Waals surface area contributed by atoms with Gasteiger partial charge in [0.15, 0.2) is 0 Å². The number of hydrogen-bond acceptors (Lipinski definition) is 1. The molecule has 1 nitrogen and oxygen atoms in total. The van der Waals surface area contributed by atoms with E-state index < -0.39 is 23.7 Å². The molecule has 1 unspecified atom stereocenters. The Balaban J connectivity index is 2.43. The van der Waals surface area contributed by atoms with Crippen molar-refractivity contribution in [3.63, 3.8) is 0 Å². The molecule has 0 amide bonds. The first kappa shape index (κ1) is 16.3. The summed E-state index contributed by atoms with van der Waals surface area (Å²) in [4.78, 5) is 0. The van der Waals surface area contributed by atoms with Crippen LogP contribution in [0.4, 0.5) is 17.6 Å². The van der Waals surface area contributed by atoms with E-state index in [-0.39, 0.29) is 16.1 Å². The molecule has 0 spiro atoms. The fraction of sp³-hybridized carbons (Fsp3) is 0.143. The smallest absolute Gasteiger partial charge is 0.384 e. The second-order valence-corrected chi connectivity index (χ2v) is 5.63.